The van der Waals surface area contributed by atoms with Gasteiger partial charge in [0.15, 0.2) is 6.61 Å². The highest BCUT2D eigenvalue weighted by Gasteiger charge is 2.12. The molecule has 78 valence electrons. The monoisotopic (exact) mass is 210 g/mol. The van der Waals surface area contributed by atoms with E-state index in [9.17, 15) is 4.79 Å². The van der Waals surface area contributed by atoms with E-state index in [1.807, 2.05) is 0 Å². The van der Waals surface area contributed by atoms with Crippen LogP contribution in [0.5, 0.6) is 0 Å². The fourth-order valence-corrected chi connectivity index (χ4v) is 2.35. The maximum atomic E-state index is 10.4. The Morgan fingerprint density at radius 2 is 2.00 bits per heavy atom. The zero-order chi connectivity index (χ0) is 11.2. The normalized spacial score (nSPS) is 10.0. The van der Waals surface area contributed by atoms with E-state index in [2.05, 4.69) is 42.8 Å². The topological polar surface area (TPSA) is 26.3 Å². The van der Waals surface area contributed by atoms with Crippen LogP contribution < -0.4 is 0 Å². The highest BCUT2D eigenvalue weighted by molar-refractivity contribution is 6.76. The van der Waals surface area contributed by atoms with E-state index in [4.69, 9.17) is 0 Å². The van der Waals surface area contributed by atoms with Gasteiger partial charge in [-0.25, -0.2) is 0 Å². The molecule has 0 fully saturated rings. The van der Waals surface area contributed by atoms with Crippen LogP contribution in [-0.4, -0.2) is 20.7 Å². The van der Waals surface area contributed by atoms with E-state index < -0.39 is 8.07 Å². The van der Waals surface area contributed by atoms with Crippen LogP contribution in [0.3, 0.4) is 0 Å². The third kappa shape index (κ3) is 9.08. The van der Waals surface area contributed by atoms with Gasteiger partial charge in [0.1, 0.15) is 0 Å². The maximum Gasteiger partial charge on any atom is 0.303 e. The summed E-state index contributed by atoms with van der Waals surface area (Å²) in [5.74, 6) is 5.38. The number of allylic oxidation sites excluding steroid dienone is 1. The van der Waals surface area contributed by atoms with Crippen molar-refractivity contribution in [3.05, 3.63) is 12.2 Å². The van der Waals surface area contributed by atoms with Crippen molar-refractivity contribution in [2.24, 2.45) is 0 Å². The first-order valence-corrected chi connectivity index (χ1v) is 8.32. The van der Waals surface area contributed by atoms with Gasteiger partial charge in [-0.1, -0.05) is 38.1 Å². The molecule has 0 aromatic rings. The third-order valence-corrected chi connectivity index (χ3v) is 2.84. The summed E-state index contributed by atoms with van der Waals surface area (Å²) in [4.78, 5) is 10.4. The van der Waals surface area contributed by atoms with Crippen LogP contribution in [0.1, 0.15) is 6.92 Å². The fraction of sp³-hybridized carbons (Fsp3) is 0.545. The molecule has 0 radical (unpaired) electrons. The van der Waals surface area contributed by atoms with Gasteiger partial charge in [0.05, 0.1) is 0 Å². The molecule has 0 N–H and O–H groups in total. The molecule has 0 atom stereocenters. The van der Waals surface area contributed by atoms with Crippen molar-refractivity contribution in [3.63, 3.8) is 0 Å². The molecular weight excluding hydrogens is 192 g/mol. The first-order valence-electron chi connectivity index (χ1n) is 4.61. The number of hydrogen-bond acceptors (Lipinski definition) is 2. The molecule has 0 bridgehead atoms. The van der Waals surface area contributed by atoms with Crippen LogP contribution >= 0.6 is 0 Å². The number of ether oxygens (including phenoxy) is 1. The smallest absolute Gasteiger partial charge is 0.303 e. The largest absolute Gasteiger partial charge is 0.453 e. The molecule has 0 aromatic heterocycles. The molecule has 0 aliphatic heterocycles. The summed E-state index contributed by atoms with van der Waals surface area (Å²) in [7, 11) is -1.11. The molecule has 14 heavy (non-hydrogen) atoms. The van der Waals surface area contributed by atoms with Gasteiger partial charge in [-0.15, -0.1) is 0 Å². The molecular formula is C11H18O2Si. The number of carbonyl (C=O) groups excluding carboxylic acids is 1. The van der Waals surface area contributed by atoms with Gasteiger partial charge in [-0.3, -0.25) is 4.79 Å². The molecule has 0 unspecified atom stereocenters. The number of hydrogen-bond donors (Lipinski definition) is 0. The molecule has 0 aromatic carbocycles. The van der Waals surface area contributed by atoms with E-state index in [1.165, 1.54) is 6.92 Å². The quantitative estimate of drug-likeness (QED) is 0.406. The average molecular weight is 210 g/mol. The maximum absolute atomic E-state index is 10.4. The molecule has 0 saturated carbocycles. The van der Waals surface area contributed by atoms with Crippen LogP contribution in [0.4, 0.5) is 0 Å². The Kier molecular flexibility index (Phi) is 5.25. The minimum Gasteiger partial charge on any atom is -0.453 e. The number of rotatable bonds is 3. The summed E-state index contributed by atoms with van der Waals surface area (Å²) in [5.41, 5.74) is 0.941. The van der Waals surface area contributed by atoms with Crippen LogP contribution in [0.25, 0.3) is 0 Å². The molecule has 0 saturated heterocycles. The summed E-state index contributed by atoms with van der Waals surface area (Å²) in [5, 5.41) is 0. The Labute approximate surface area is 87.4 Å². The van der Waals surface area contributed by atoms with Crippen molar-refractivity contribution < 1.29 is 9.53 Å². The van der Waals surface area contributed by atoms with E-state index in [0.717, 1.165) is 11.6 Å². The van der Waals surface area contributed by atoms with Crippen molar-refractivity contribution in [1.82, 2.24) is 0 Å². The van der Waals surface area contributed by atoms with E-state index in [-0.39, 0.29) is 12.6 Å². The van der Waals surface area contributed by atoms with Crippen molar-refractivity contribution in [2.75, 3.05) is 6.61 Å². The SMILES string of the molecule is C=C(C#CCOC(C)=O)C[Si](C)(C)C. The average Bonchev–Trinajstić information content (AvgIpc) is 1.94. The standard InChI is InChI=1S/C11H18O2Si/c1-10(9-14(3,4)5)7-6-8-13-11(2)12/h1,8-9H2,2-5H3. The lowest BCUT2D eigenvalue weighted by atomic mass is 10.3. The Morgan fingerprint density at radius 3 is 2.43 bits per heavy atom. The van der Waals surface area contributed by atoms with Crippen molar-refractivity contribution in [1.29, 1.82) is 0 Å². The highest BCUT2D eigenvalue weighted by atomic mass is 28.3. The van der Waals surface area contributed by atoms with E-state index in [0.29, 0.717) is 0 Å². The van der Waals surface area contributed by atoms with Crippen LogP contribution in [0.2, 0.25) is 25.7 Å². The lowest BCUT2D eigenvalue weighted by Crippen LogP contribution is -2.19. The Bertz CT molecular complexity index is 276. The Morgan fingerprint density at radius 1 is 1.43 bits per heavy atom. The summed E-state index contributed by atoms with van der Waals surface area (Å²) in [6.07, 6.45) is 0. The van der Waals surface area contributed by atoms with Crippen LogP contribution in [0, 0.1) is 11.8 Å². The molecule has 0 heterocycles. The van der Waals surface area contributed by atoms with Gasteiger partial charge in [0, 0.05) is 15.0 Å². The van der Waals surface area contributed by atoms with Gasteiger partial charge in [-0.2, -0.15) is 0 Å². The van der Waals surface area contributed by atoms with Gasteiger partial charge >= 0.3 is 5.97 Å². The predicted molar refractivity (Wildman–Crippen MR) is 61.7 cm³/mol. The van der Waals surface area contributed by atoms with E-state index >= 15 is 0 Å². The van der Waals surface area contributed by atoms with Gasteiger partial charge in [0.25, 0.3) is 0 Å². The van der Waals surface area contributed by atoms with Crippen LogP contribution in [-0.2, 0) is 9.53 Å². The summed E-state index contributed by atoms with van der Waals surface area (Å²) >= 11 is 0. The van der Waals surface area contributed by atoms with Crippen molar-refractivity contribution >= 4 is 14.0 Å². The molecule has 2 nitrogen and oxygen atoms in total. The molecule has 0 aliphatic rings. The second-order valence-electron chi connectivity index (χ2n) is 4.42. The van der Waals surface area contributed by atoms with Crippen molar-refractivity contribution in [2.45, 2.75) is 32.6 Å². The molecule has 0 spiro atoms. The van der Waals surface area contributed by atoms with Gasteiger partial charge < -0.3 is 4.74 Å². The Balaban J connectivity index is 3.88. The lowest BCUT2D eigenvalue weighted by Gasteiger charge is -2.13. The summed E-state index contributed by atoms with van der Waals surface area (Å²) in [6.45, 7) is 12.2. The van der Waals surface area contributed by atoms with Gasteiger partial charge in [0.2, 0.25) is 0 Å². The predicted octanol–water partition coefficient (Wildman–Crippen LogP) is 2.45. The summed E-state index contributed by atoms with van der Waals surface area (Å²) in [6, 6.07) is 1.00. The minimum atomic E-state index is -1.11. The number of carbonyl (C=O) groups is 1. The second-order valence-corrected chi connectivity index (χ2v) is 9.90. The first kappa shape index (κ1) is 13.0. The molecule has 0 aliphatic carbocycles. The molecule has 0 rings (SSSR count). The minimum absolute atomic E-state index is 0.167. The first-order chi connectivity index (χ1) is 6.31. The van der Waals surface area contributed by atoms with Crippen LogP contribution in [0.15, 0.2) is 12.2 Å². The highest BCUT2D eigenvalue weighted by Crippen LogP contribution is 2.13. The van der Waals surface area contributed by atoms with Crippen molar-refractivity contribution in [3.8, 4) is 11.8 Å². The molecule has 0 amide bonds. The molecule has 3 heteroatoms. The zero-order valence-electron chi connectivity index (χ0n) is 9.44. The van der Waals surface area contributed by atoms with E-state index in [1.54, 1.807) is 0 Å². The fourth-order valence-electron chi connectivity index (χ4n) is 0.983. The second kappa shape index (κ2) is 5.66. The number of esters is 1. The summed E-state index contributed by atoms with van der Waals surface area (Å²) < 4.78 is 4.68. The lowest BCUT2D eigenvalue weighted by molar-refractivity contribution is -0.139. The Hall–Kier alpha value is -1.01. The third-order valence-electron chi connectivity index (χ3n) is 1.36. The van der Waals surface area contributed by atoms with Gasteiger partial charge in [-0.05, 0) is 11.6 Å². The zero-order valence-corrected chi connectivity index (χ0v) is 10.4.